The number of aryl methyl sites for hydroxylation is 3. The molecule has 2 aromatic carbocycles. The second kappa shape index (κ2) is 8.22. The highest BCUT2D eigenvalue weighted by Gasteiger charge is 2.25. The molecule has 1 aromatic heterocycles. The Morgan fingerprint density at radius 2 is 1.60 bits per heavy atom. The Hall–Kier alpha value is -3.28. The largest absolute Gasteiger partial charge is 0.349 e. The van der Waals surface area contributed by atoms with Gasteiger partial charge in [0.05, 0.1) is 22.4 Å². The van der Waals surface area contributed by atoms with Gasteiger partial charge >= 0.3 is 0 Å². The summed E-state index contributed by atoms with van der Waals surface area (Å²) in [5.74, 6) is -0.0531. The molecule has 6 nitrogen and oxygen atoms in total. The van der Waals surface area contributed by atoms with E-state index < -0.39 is 0 Å². The van der Waals surface area contributed by atoms with E-state index in [0.29, 0.717) is 24.2 Å². The summed E-state index contributed by atoms with van der Waals surface area (Å²) in [7, 11) is 0. The predicted molar refractivity (Wildman–Crippen MR) is 117 cm³/mol. The van der Waals surface area contributed by atoms with Crippen molar-refractivity contribution in [1.82, 2.24) is 20.2 Å². The van der Waals surface area contributed by atoms with E-state index in [4.69, 9.17) is 0 Å². The zero-order chi connectivity index (χ0) is 21.3. The van der Waals surface area contributed by atoms with Crippen LogP contribution in [-0.2, 0) is 0 Å². The second-order valence-corrected chi connectivity index (χ2v) is 8.01. The molecule has 1 aliphatic rings. The monoisotopic (exact) mass is 402 g/mol. The molecule has 3 aromatic rings. The highest BCUT2D eigenvalue weighted by atomic mass is 16.2. The first-order chi connectivity index (χ1) is 14.4. The fourth-order valence-corrected chi connectivity index (χ4v) is 3.83. The van der Waals surface area contributed by atoms with Gasteiger partial charge in [-0.25, -0.2) is 9.97 Å². The van der Waals surface area contributed by atoms with Gasteiger partial charge in [-0.05, 0) is 63.9 Å². The Morgan fingerprint density at radius 3 is 2.30 bits per heavy atom. The Bertz CT molecular complexity index is 1120. The van der Waals surface area contributed by atoms with Crippen molar-refractivity contribution >= 4 is 22.8 Å². The third kappa shape index (κ3) is 4.17. The van der Waals surface area contributed by atoms with Crippen LogP contribution >= 0.6 is 0 Å². The molecule has 6 heteroatoms. The number of amides is 2. The van der Waals surface area contributed by atoms with Crippen LogP contribution in [-0.4, -0.2) is 45.8 Å². The SMILES string of the molecule is Cc1cccc(C(=O)NC2CCN(C(=O)c3ccc4nc(C)c(C)nc4c3)CC2)c1. The molecule has 1 aliphatic heterocycles. The number of carbonyl (C=O) groups is 2. The fourth-order valence-electron chi connectivity index (χ4n) is 3.83. The first kappa shape index (κ1) is 20.0. The summed E-state index contributed by atoms with van der Waals surface area (Å²) in [4.78, 5) is 36.4. The molecule has 154 valence electrons. The highest BCUT2D eigenvalue weighted by Crippen LogP contribution is 2.19. The maximum absolute atomic E-state index is 13.0. The number of nitrogens with one attached hydrogen (secondary N) is 1. The van der Waals surface area contributed by atoms with Gasteiger partial charge in [-0.15, -0.1) is 0 Å². The summed E-state index contributed by atoms with van der Waals surface area (Å²) >= 11 is 0. The second-order valence-electron chi connectivity index (χ2n) is 8.01. The summed E-state index contributed by atoms with van der Waals surface area (Å²) < 4.78 is 0. The summed E-state index contributed by atoms with van der Waals surface area (Å²) in [6.45, 7) is 7.07. The molecule has 0 unspecified atom stereocenters. The predicted octanol–water partition coefficient (Wildman–Crippen LogP) is 3.59. The third-order valence-electron chi connectivity index (χ3n) is 5.72. The lowest BCUT2D eigenvalue weighted by molar-refractivity contribution is 0.0698. The van der Waals surface area contributed by atoms with Gasteiger partial charge in [0.2, 0.25) is 0 Å². The highest BCUT2D eigenvalue weighted by molar-refractivity contribution is 5.97. The molecule has 1 N–H and O–H groups in total. The van der Waals surface area contributed by atoms with E-state index in [9.17, 15) is 9.59 Å². The number of aromatic nitrogens is 2. The van der Waals surface area contributed by atoms with Crippen molar-refractivity contribution in [1.29, 1.82) is 0 Å². The van der Waals surface area contributed by atoms with E-state index in [0.717, 1.165) is 40.8 Å². The topological polar surface area (TPSA) is 75.2 Å². The van der Waals surface area contributed by atoms with Crippen molar-refractivity contribution in [2.45, 2.75) is 39.7 Å². The molecule has 0 aliphatic carbocycles. The number of hydrogen-bond donors (Lipinski definition) is 1. The molecule has 1 fully saturated rings. The van der Waals surface area contributed by atoms with Gasteiger partial charge in [0.15, 0.2) is 0 Å². The van der Waals surface area contributed by atoms with Gasteiger partial charge in [0.1, 0.15) is 0 Å². The molecule has 2 amide bonds. The van der Waals surface area contributed by atoms with Crippen LogP contribution in [0.1, 0.15) is 50.5 Å². The zero-order valence-electron chi connectivity index (χ0n) is 17.6. The zero-order valence-corrected chi connectivity index (χ0v) is 17.6. The lowest BCUT2D eigenvalue weighted by Crippen LogP contribution is -2.46. The van der Waals surface area contributed by atoms with E-state index in [1.807, 2.05) is 68.1 Å². The molecule has 0 spiro atoms. The van der Waals surface area contributed by atoms with Gasteiger partial charge < -0.3 is 10.2 Å². The molecule has 2 heterocycles. The van der Waals surface area contributed by atoms with Crippen molar-refractivity contribution in [3.8, 4) is 0 Å². The molecule has 30 heavy (non-hydrogen) atoms. The molecular formula is C24H26N4O2. The van der Waals surface area contributed by atoms with Crippen molar-refractivity contribution in [2.75, 3.05) is 13.1 Å². The quantitative estimate of drug-likeness (QED) is 0.726. The van der Waals surface area contributed by atoms with E-state index in [2.05, 4.69) is 15.3 Å². The summed E-state index contributed by atoms with van der Waals surface area (Å²) in [6, 6.07) is 13.2. The lowest BCUT2D eigenvalue weighted by Gasteiger charge is -2.32. The summed E-state index contributed by atoms with van der Waals surface area (Å²) in [6.07, 6.45) is 1.49. The first-order valence-electron chi connectivity index (χ1n) is 10.3. The number of carbonyl (C=O) groups excluding carboxylic acids is 2. The molecule has 0 atom stereocenters. The third-order valence-corrected chi connectivity index (χ3v) is 5.72. The number of benzene rings is 2. The van der Waals surface area contributed by atoms with Crippen LogP contribution in [0.2, 0.25) is 0 Å². The van der Waals surface area contributed by atoms with E-state index in [1.54, 1.807) is 0 Å². The van der Waals surface area contributed by atoms with Crippen molar-refractivity contribution in [3.05, 3.63) is 70.5 Å². The van der Waals surface area contributed by atoms with E-state index >= 15 is 0 Å². The molecule has 4 rings (SSSR count). The van der Waals surface area contributed by atoms with Gasteiger partial charge in [0.25, 0.3) is 11.8 Å². The average Bonchev–Trinajstić information content (AvgIpc) is 2.74. The fraction of sp³-hybridized carbons (Fsp3) is 0.333. The van der Waals surface area contributed by atoms with Crippen LogP contribution in [0.5, 0.6) is 0 Å². The maximum Gasteiger partial charge on any atom is 0.253 e. The molecule has 1 saturated heterocycles. The van der Waals surface area contributed by atoms with Crippen LogP contribution < -0.4 is 5.32 Å². The number of rotatable bonds is 3. The lowest BCUT2D eigenvalue weighted by atomic mass is 10.0. The molecule has 0 saturated carbocycles. The van der Waals surface area contributed by atoms with Crippen LogP contribution in [0.25, 0.3) is 11.0 Å². The summed E-state index contributed by atoms with van der Waals surface area (Å²) in [5.41, 5.74) is 5.68. The minimum Gasteiger partial charge on any atom is -0.349 e. The maximum atomic E-state index is 13.0. The van der Waals surface area contributed by atoms with Crippen molar-refractivity contribution in [2.24, 2.45) is 0 Å². The van der Waals surface area contributed by atoms with Gasteiger partial charge in [-0.3, -0.25) is 9.59 Å². The Morgan fingerprint density at radius 1 is 0.900 bits per heavy atom. The Kier molecular flexibility index (Phi) is 5.48. The number of hydrogen-bond acceptors (Lipinski definition) is 4. The molecular weight excluding hydrogens is 376 g/mol. The van der Waals surface area contributed by atoms with Gasteiger partial charge in [-0.1, -0.05) is 17.7 Å². The van der Waals surface area contributed by atoms with Crippen molar-refractivity contribution in [3.63, 3.8) is 0 Å². The molecule has 0 bridgehead atoms. The van der Waals surface area contributed by atoms with E-state index in [-0.39, 0.29) is 17.9 Å². The minimum atomic E-state index is -0.0535. The normalized spacial score (nSPS) is 14.7. The van der Waals surface area contributed by atoms with Gasteiger partial charge in [0, 0.05) is 30.3 Å². The van der Waals surface area contributed by atoms with Gasteiger partial charge in [-0.2, -0.15) is 0 Å². The number of fused-ring (bicyclic) bond motifs is 1. The average molecular weight is 402 g/mol. The number of piperidine rings is 1. The van der Waals surface area contributed by atoms with Crippen LogP contribution in [0.15, 0.2) is 42.5 Å². The number of nitrogens with zero attached hydrogens (tertiary/aromatic N) is 3. The van der Waals surface area contributed by atoms with Crippen LogP contribution in [0, 0.1) is 20.8 Å². The smallest absolute Gasteiger partial charge is 0.253 e. The molecule has 0 radical (unpaired) electrons. The summed E-state index contributed by atoms with van der Waals surface area (Å²) in [5, 5.41) is 3.10. The van der Waals surface area contributed by atoms with Crippen molar-refractivity contribution < 1.29 is 9.59 Å². The Labute approximate surface area is 176 Å². The first-order valence-corrected chi connectivity index (χ1v) is 10.3. The van der Waals surface area contributed by atoms with Crippen LogP contribution in [0.4, 0.5) is 0 Å². The van der Waals surface area contributed by atoms with E-state index in [1.165, 1.54) is 0 Å². The Balaban J connectivity index is 1.39. The minimum absolute atomic E-state index is 0.000360. The standard InChI is InChI=1S/C24H26N4O2/c1-15-5-4-6-18(13-15)23(29)27-20-9-11-28(12-10-20)24(30)19-7-8-21-22(14-19)26-17(3)16(2)25-21/h4-8,13-14,20H,9-12H2,1-3H3,(H,27,29). The number of likely N-dealkylation sites (tertiary alicyclic amines) is 1. The van der Waals surface area contributed by atoms with Crippen LogP contribution in [0.3, 0.4) is 0 Å².